The molecule has 0 radical (unpaired) electrons. The Morgan fingerprint density at radius 2 is 1.93 bits per heavy atom. The van der Waals surface area contributed by atoms with Gasteiger partial charge >= 0.3 is 0 Å². The molecule has 0 saturated heterocycles. The topological polar surface area (TPSA) is 64.0 Å². The predicted molar refractivity (Wildman–Crippen MR) is 110 cm³/mol. The molecule has 1 N–H and O–H groups in total. The fraction of sp³-hybridized carbons (Fsp3) is 0.227. The average Bonchev–Trinajstić information content (AvgIpc) is 2.99. The van der Waals surface area contributed by atoms with Crippen molar-refractivity contribution in [1.29, 1.82) is 0 Å². The fourth-order valence-corrected chi connectivity index (χ4v) is 3.85. The molecule has 0 saturated carbocycles. The molecule has 28 heavy (non-hydrogen) atoms. The van der Waals surface area contributed by atoms with Crippen LogP contribution in [0, 0.1) is 20.8 Å². The first-order valence-corrected chi connectivity index (χ1v) is 9.49. The smallest absolute Gasteiger partial charge is 0.226 e. The lowest BCUT2D eigenvalue weighted by Gasteiger charge is -2.23. The number of fused-ring (bicyclic) bond motifs is 1. The van der Waals surface area contributed by atoms with Crippen LogP contribution in [0.4, 0.5) is 5.82 Å². The minimum atomic E-state index is -0.581. The largest absolute Gasteiger partial charge is 0.310 e. The fourth-order valence-electron chi connectivity index (χ4n) is 3.66. The maximum absolute atomic E-state index is 13.2. The van der Waals surface area contributed by atoms with Crippen molar-refractivity contribution in [3.8, 4) is 5.69 Å². The van der Waals surface area contributed by atoms with Gasteiger partial charge in [0.15, 0.2) is 5.78 Å². The van der Waals surface area contributed by atoms with E-state index in [0.29, 0.717) is 16.4 Å². The highest BCUT2D eigenvalue weighted by Gasteiger charge is 2.36. The van der Waals surface area contributed by atoms with Gasteiger partial charge in [-0.15, -0.1) is 0 Å². The molecule has 0 bridgehead atoms. The molecular weight excluding hydrogens is 374 g/mol. The van der Waals surface area contributed by atoms with Gasteiger partial charge in [0.05, 0.1) is 17.3 Å². The summed E-state index contributed by atoms with van der Waals surface area (Å²) in [6, 6.07) is 12.8. The number of aryl methyl sites for hydroxylation is 3. The van der Waals surface area contributed by atoms with Gasteiger partial charge in [-0.05, 0) is 56.2 Å². The van der Waals surface area contributed by atoms with Crippen molar-refractivity contribution in [3.63, 3.8) is 0 Å². The highest BCUT2D eigenvalue weighted by atomic mass is 35.5. The van der Waals surface area contributed by atoms with Crippen LogP contribution in [0.3, 0.4) is 0 Å². The Morgan fingerprint density at radius 1 is 1.14 bits per heavy atom. The second-order valence-electron chi connectivity index (χ2n) is 7.21. The number of Topliss-reactive ketones (excluding diaryl/α,β-unsaturated/α-hetero) is 1. The molecule has 1 aliphatic heterocycles. The summed E-state index contributed by atoms with van der Waals surface area (Å²) in [5.74, 6) is -0.334. The Hall–Kier alpha value is -2.92. The molecule has 142 valence electrons. The third kappa shape index (κ3) is 3.12. The summed E-state index contributed by atoms with van der Waals surface area (Å²) in [5.41, 5.74) is 5.16. The Balaban J connectivity index is 1.83. The molecule has 4 rings (SSSR count). The lowest BCUT2D eigenvalue weighted by atomic mass is 9.85. The number of carbonyl (C=O) groups excluding carboxylic acids is 2. The van der Waals surface area contributed by atoms with E-state index in [2.05, 4.69) is 10.4 Å². The maximum atomic E-state index is 13.2. The predicted octanol–water partition coefficient (Wildman–Crippen LogP) is 4.76. The monoisotopic (exact) mass is 393 g/mol. The van der Waals surface area contributed by atoms with Crippen molar-refractivity contribution in [2.75, 3.05) is 5.32 Å². The first-order chi connectivity index (χ1) is 13.3. The van der Waals surface area contributed by atoms with Gasteiger partial charge in [0.1, 0.15) is 5.82 Å². The molecular formula is C22H20ClN3O2. The number of aromatic nitrogens is 2. The van der Waals surface area contributed by atoms with E-state index in [4.69, 9.17) is 11.6 Å². The number of ketones is 1. The van der Waals surface area contributed by atoms with Crippen LogP contribution in [-0.2, 0) is 4.79 Å². The molecule has 1 atom stereocenters. The Kier molecular flexibility index (Phi) is 4.55. The molecule has 1 amide bonds. The number of hydrogen-bond donors (Lipinski definition) is 1. The van der Waals surface area contributed by atoms with E-state index in [1.165, 1.54) is 5.56 Å². The molecule has 1 aliphatic rings. The van der Waals surface area contributed by atoms with E-state index >= 15 is 0 Å². The van der Waals surface area contributed by atoms with Crippen molar-refractivity contribution < 1.29 is 9.59 Å². The summed E-state index contributed by atoms with van der Waals surface area (Å²) >= 11 is 6.05. The van der Waals surface area contributed by atoms with Gasteiger partial charge in [-0.25, -0.2) is 4.68 Å². The van der Waals surface area contributed by atoms with Crippen molar-refractivity contribution >= 4 is 29.1 Å². The van der Waals surface area contributed by atoms with Crippen LogP contribution in [0.15, 0.2) is 42.5 Å². The van der Waals surface area contributed by atoms with E-state index in [1.807, 2.05) is 39.0 Å². The summed E-state index contributed by atoms with van der Waals surface area (Å²) in [4.78, 5) is 25.6. The third-order valence-corrected chi connectivity index (χ3v) is 5.50. The summed E-state index contributed by atoms with van der Waals surface area (Å²) in [6.07, 6.45) is 0.0950. The minimum Gasteiger partial charge on any atom is -0.310 e. The highest BCUT2D eigenvalue weighted by molar-refractivity contribution is 6.31. The van der Waals surface area contributed by atoms with Gasteiger partial charge in [0.25, 0.3) is 0 Å². The number of amides is 1. The van der Waals surface area contributed by atoms with Gasteiger partial charge in [0, 0.05) is 22.6 Å². The van der Waals surface area contributed by atoms with Gasteiger partial charge in [-0.3, -0.25) is 9.59 Å². The number of halogens is 1. The molecule has 1 aromatic heterocycles. The Bertz CT molecular complexity index is 1120. The second kappa shape index (κ2) is 6.91. The standard InChI is InChI=1S/C22H20ClN3O2/c1-12-7-8-17(9-13(12)2)26-22-20(14(3)25-26)18(11-19(27)24-22)21(28)15-5-4-6-16(23)10-15/h4-10,18H,11H2,1-3H3,(H,24,27). The van der Waals surface area contributed by atoms with Crippen LogP contribution < -0.4 is 5.32 Å². The van der Waals surface area contributed by atoms with E-state index in [-0.39, 0.29) is 18.1 Å². The Morgan fingerprint density at radius 3 is 2.64 bits per heavy atom. The number of hydrogen-bond acceptors (Lipinski definition) is 3. The number of anilines is 1. The van der Waals surface area contributed by atoms with Crippen molar-refractivity contribution in [2.45, 2.75) is 33.1 Å². The van der Waals surface area contributed by atoms with Crippen molar-refractivity contribution in [3.05, 3.63) is 75.4 Å². The summed E-state index contributed by atoms with van der Waals surface area (Å²) in [6.45, 7) is 5.95. The number of benzene rings is 2. The first kappa shape index (κ1) is 18.4. The Labute approximate surface area is 168 Å². The first-order valence-electron chi connectivity index (χ1n) is 9.12. The van der Waals surface area contributed by atoms with Gasteiger partial charge in [0.2, 0.25) is 5.91 Å². The molecule has 1 unspecified atom stereocenters. The van der Waals surface area contributed by atoms with E-state index in [1.54, 1.807) is 28.9 Å². The van der Waals surface area contributed by atoms with Gasteiger partial charge < -0.3 is 5.32 Å². The summed E-state index contributed by atoms with van der Waals surface area (Å²) < 4.78 is 1.71. The molecule has 3 aromatic rings. The lowest BCUT2D eigenvalue weighted by molar-refractivity contribution is -0.116. The van der Waals surface area contributed by atoms with Crippen LogP contribution in [-0.4, -0.2) is 21.5 Å². The van der Waals surface area contributed by atoms with E-state index in [9.17, 15) is 9.59 Å². The SMILES string of the molecule is Cc1ccc(-n2nc(C)c3c2NC(=O)CC3C(=O)c2cccc(Cl)c2)cc1C. The second-order valence-corrected chi connectivity index (χ2v) is 7.64. The minimum absolute atomic E-state index is 0.0950. The molecule has 0 spiro atoms. The maximum Gasteiger partial charge on any atom is 0.226 e. The quantitative estimate of drug-likeness (QED) is 0.652. The van der Waals surface area contributed by atoms with Crippen LogP contribution in [0.1, 0.15) is 45.1 Å². The molecule has 6 heteroatoms. The van der Waals surface area contributed by atoms with Crippen molar-refractivity contribution in [2.24, 2.45) is 0 Å². The number of nitrogens with one attached hydrogen (secondary N) is 1. The normalized spacial score (nSPS) is 15.9. The molecule has 0 aliphatic carbocycles. The molecule has 2 heterocycles. The molecule has 0 fully saturated rings. The molecule has 2 aromatic carbocycles. The van der Waals surface area contributed by atoms with Gasteiger partial charge in [-0.2, -0.15) is 5.10 Å². The number of rotatable bonds is 3. The highest BCUT2D eigenvalue weighted by Crippen LogP contribution is 2.38. The van der Waals surface area contributed by atoms with Crippen molar-refractivity contribution in [1.82, 2.24) is 9.78 Å². The average molecular weight is 394 g/mol. The summed E-state index contributed by atoms with van der Waals surface area (Å²) in [7, 11) is 0. The number of carbonyl (C=O) groups is 2. The van der Waals surface area contributed by atoms with E-state index < -0.39 is 5.92 Å². The van der Waals surface area contributed by atoms with Crippen LogP contribution >= 0.6 is 11.6 Å². The van der Waals surface area contributed by atoms with E-state index in [0.717, 1.165) is 22.5 Å². The zero-order valence-electron chi connectivity index (χ0n) is 15.9. The zero-order chi connectivity index (χ0) is 20.0. The van der Waals surface area contributed by atoms with Crippen LogP contribution in [0.2, 0.25) is 5.02 Å². The van der Waals surface area contributed by atoms with Gasteiger partial charge in [-0.1, -0.05) is 29.8 Å². The van der Waals surface area contributed by atoms with Crippen LogP contribution in [0.5, 0.6) is 0 Å². The number of nitrogens with zero attached hydrogens (tertiary/aromatic N) is 2. The zero-order valence-corrected chi connectivity index (χ0v) is 16.7. The molecule has 5 nitrogen and oxygen atoms in total. The third-order valence-electron chi connectivity index (χ3n) is 5.26. The summed E-state index contributed by atoms with van der Waals surface area (Å²) in [5, 5.41) is 8.04. The van der Waals surface area contributed by atoms with Crippen LogP contribution in [0.25, 0.3) is 5.69 Å². The lowest BCUT2D eigenvalue weighted by Crippen LogP contribution is -2.28.